The molecule has 1 aromatic heterocycles. The van der Waals surface area contributed by atoms with Crippen LogP contribution < -0.4 is 10.5 Å². The molecule has 0 aliphatic rings. The van der Waals surface area contributed by atoms with Gasteiger partial charge in [0.2, 0.25) is 10.0 Å². The minimum Gasteiger partial charge on any atom is -0.398 e. The van der Waals surface area contributed by atoms with Crippen LogP contribution in [0.2, 0.25) is 5.02 Å². The molecule has 2 aromatic rings. The zero-order valence-corrected chi connectivity index (χ0v) is 13.3. The van der Waals surface area contributed by atoms with Crippen molar-refractivity contribution in [3.8, 4) is 0 Å². The number of aryl methyl sites for hydroxylation is 2. The third kappa shape index (κ3) is 3.72. The predicted octanol–water partition coefficient (Wildman–Crippen LogP) is 2.41. The number of hydrogen-bond donors (Lipinski definition) is 2. The first-order valence-electron chi connectivity index (χ1n) is 6.27. The molecule has 0 unspecified atom stereocenters. The third-order valence-electron chi connectivity index (χ3n) is 3.00. The molecule has 3 N–H and O–H groups in total. The van der Waals surface area contributed by atoms with E-state index >= 15 is 0 Å². The number of pyridine rings is 1. The Balaban J connectivity index is 2.25. The van der Waals surface area contributed by atoms with Crippen LogP contribution in [-0.4, -0.2) is 13.4 Å². The lowest BCUT2D eigenvalue weighted by Gasteiger charge is -2.10. The maximum atomic E-state index is 12.3. The van der Waals surface area contributed by atoms with Crippen molar-refractivity contribution in [2.75, 3.05) is 5.73 Å². The van der Waals surface area contributed by atoms with Gasteiger partial charge in [0.25, 0.3) is 0 Å². The number of nitrogen functional groups attached to an aromatic ring is 1. The van der Waals surface area contributed by atoms with Gasteiger partial charge in [0, 0.05) is 11.4 Å². The fraction of sp³-hybridized carbons (Fsp3) is 0.214. The summed E-state index contributed by atoms with van der Waals surface area (Å²) < 4.78 is 27.1. The van der Waals surface area contributed by atoms with Crippen LogP contribution in [0.25, 0.3) is 0 Å². The van der Waals surface area contributed by atoms with E-state index in [1.807, 2.05) is 19.1 Å². The van der Waals surface area contributed by atoms with E-state index in [4.69, 9.17) is 17.3 Å². The maximum absolute atomic E-state index is 12.3. The molecule has 7 heteroatoms. The summed E-state index contributed by atoms with van der Waals surface area (Å²) in [5, 5.41) is 0.145. The zero-order chi connectivity index (χ0) is 15.6. The van der Waals surface area contributed by atoms with Crippen molar-refractivity contribution in [1.82, 2.24) is 9.71 Å². The van der Waals surface area contributed by atoms with E-state index in [-0.39, 0.29) is 16.5 Å². The van der Waals surface area contributed by atoms with Crippen LogP contribution in [0.5, 0.6) is 0 Å². The predicted molar refractivity (Wildman–Crippen MR) is 83.6 cm³/mol. The smallest absolute Gasteiger partial charge is 0.242 e. The lowest BCUT2D eigenvalue weighted by atomic mass is 10.2. The molecule has 0 spiro atoms. The first kappa shape index (κ1) is 15.8. The van der Waals surface area contributed by atoms with Gasteiger partial charge < -0.3 is 5.73 Å². The first-order valence-corrected chi connectivity index (χ1v) is 8.13. The Labute approximate surface area is 129 Å². The van der Waals surface area contributed by atoms with E-state index in [1.165, 1.54) is 12.1 Å². The molecule has 0 bridgehead atoms. The molecule has 5 nitrogen and oxygen atoms in total. The van der Waals surface area contributed by atoms with Gasteiger partial charge >= 0.3 is 0 Å². The molecule has 0 aliphatic heterocycles. The molecule has 0 fully saturated rings. The summed E-state index contributed by atoms with van der Waals surface area (Å²) in [4.78, 5) is 4.21. The maximum Gasteiger partial charge on any atom is 0.242 e. The highest BCUT2D eigenvalue weighted by Crippen LogP contribution is 2.26. The molecule has 112 valence electrons. The second-order valence-corrected chi connectivity index (χ2v) is 6.88. The molecule has 1 aromatic carbocycles. The standard InChI is InChI=1S/C14H16ClN3O2S/c1-9-6-12(15)14(7-13(9)16)21(19,20)17-8-11-5-3-4-10(2)18-11/h3-7,17H,8,16H2,1-2H3. The highest BCUT2D eigenvalue weighted by Gasteiger charge is 2.19. The van der Waals surface area contributed by atoms with Gasteiger partial charge in [-0.2, -0.15) is 0 Å². The fourth-order valence-electron chi connectivity index (χ4n) is 1.82. The molecule has 0 amide bonds. The second-order valence-electron chi connectivity index (χ2n) is 4.73. The van der Waals surface area contributed by atoms with Crippen LogP contribution >= 0.6 is 11.6 Å². The van der Waals surface area contributed by atoms with Crippen molar-refractivity contribution in [2.45, 2.75) is 25.3 Å². The molecule has 0 atom stereocenters. The third-order valence-corrected chi connectivity index (χ3v) is 4.87. The first-order chi connectivity index (χ1) is 9.79. The molecular weight excluding hydrogens is 310 g/mol. The van der Waals surface area contributed by atoms with E-state index in [1.54, 1.807) is 13.0 Å². The van der Waals surface area contributed by atoms with E-state index in [0.717, 1.165) is 11.3 Å². The molecule has 0 aliphatic carbocycles. The number of nitrogens with one attached hydrogen (secondary N) is 1. The van der Waals surface area contributed by atoms with Gasteiger partial charge in [-0.3, -0.25) is 4.98 Å². The Morgan fingerprint density at radius 3 is 2.67 bits per heavy atom. The highest BCUT2D eigenvalue weighted by molar-refractivity contribution is 7.89. The molecule has 0 saturated heterocycles. The van der Waals surface area contributed by atoms with Gasteiger partial charge in [0.15, 0.2) is 0 Å². The van der Waals surface area contributed by atoms with Crippen LogP contribution in [0.4, 0.5) is 5.69 Å². The van der Waals surface area contributed by atoms with Crippen molar-refractivity contribution >= 4 is 27.3 Å². The number of nitrogens with two attached hydrogens (primary N) is 1. The summed E-state index contributed by atoms with van der Waals surface area (Å²) in [7, 11) is -3.74. The summed E-state index contributed by atoms with van der Waals surface area (Å²) >= 11 is 6.00. The number of sulfonamides is 1. The number of hydrogen-bond acceptors (Lipinski definition) is 4. The quantitative estimate of drug-likeness (QED) is 0.845. The topological polar surface area (TPSA) is 85.1 Å². The van der Waals surface area contributed by atoms with E-state index in [9.17, 15) is 8.42 Å². The number of anilines is 1. The minimum atomic E-state index is -3.74. The Hall–Kier alpha value is -1.63. The van der Waals surface area contributed by atoms with Gasteiger partial charge in [-0.1, -0.05) is 17.7 Å². The number of benzene rings is 1. The van der Waals surface area contributed by atoms with Gasteiger partial charge in [-0.25, -0.2) is 13.1 Å². The van der Waals surface area contributed by atoms with E-state index in [2.05, 4.69) is 9.71 Å². The van der Waals surface area contributed by atoms with Crippen molar-refractivity contribution in [2.24, 2.45) is 0 Å². The summed E-state index contributed by atoms with van der Waals surface area (Å²) in [5.41, 5.74) is 8.33. The lowest BCUT2D eigenvalue weighted by molar-refractivity contribution is 0.580. The van der Waals surface area contributed by atoms with Crippen molar-refractivity contribution in [3.63, 3.8) is 0 Å². The molecule has 21 heavy (non-hydrogen) atoms. The number of aromatic nitrogens is 1. The Morgan fingerprint density at radius 2 is 2.00 bits per heavy atom. The second kappa shape index (κ2) is 6.01. The number of rotatable bonds is 4. The van der Waals surface area contributed by atoms with Gasteiger partial charge in [0.05, 0.1) is 17.3 Å². The number of nitrogens with zero attached hydrogens (tertiary/aromatic N) is 1. The normalized spacial score (nSPS) is 11.6. The largest absolute Gasteiger partial charge is 0.398 e. The van der Waals surface area contributed by atoms with Crippen LogP contribution in [0.15, 0.2) is 35.2 Å². The Kier molecular flexibility index (Phi) is 4.51. The van der Waals surface area contributed by atoms with Crippen molar-refractivity contribution < 1.29 is 8.42 Å². The van der Waals surface area contributed by atoms with Crippen molar-refractivity contribution in [1.29, 1.82) is 0 Å². The van der Waals surface area contributed by atoms with E-state index < -0.39 is 10.0 Å². The van der Waals surface area contributed by atoms with Gasteiger partial charge in [-0.15, -0.1) is 0 Å². The van der Waals surface area contributed by atoms with Crippen LogP contribution in [0.1, 0.15) is 17.0 Å². The summed E-state index contributed by atoms with van der Waals surface area (Å²) in [6.45, 7) is 3.70. The van der Waals surface area contributed by atoms with Crippen LogP contribution in [0, 0.1) is 13.8 Å². The molecule has 0 radical (unpaired) electrons. The summed E-state index contributed by atoms with van der Waals surface area (Å²) in [6, 6.07) is 8.32. The number of halogens is 1. The van der Waals surface area contributed by atoms with E-state index in [0.29, 0.717) is 11.4 Å². The Bertz CT molecular complexity index is 776. The van der Waals surface area contributed by atoms with Crippen LogP contribution in [0.3, 0.4) is 0 Å². The Morgan fingerprint density at radius 1 is 1.29 bits per heavy atom. The van der Waals surface area contributed by atoms with Gasteiger partial charge in [-0.05, 0) is 43.7 Å². The molecule has 0 saturated carbocycles. The van der Waals surface area contributed by atoms with Gasteiger partial charge in [0.1, 0.15) is 4.90 Å². The summed E-state index contributed by atoms with van der Waals surface area (Å²) in [6.07, 6.45) is 0. The van der Waals surface area contributed by atoms with Crippen LogP contribution in [-0.2, 0) is 16.6 Å². The minimum absolute atomic E-state index is 0.0279. The average molecular weight is 326 g/mol. The summed E-state index contributed by atoms with van der Waals surface area (Å²) in [5.74, 6) is 0. The molecule has 2 rings (SSSR count). The monoisotopic (exact) mass is 325 g/mol. The molecule has 1 heterocycles. The fourth-order valence-corrected chi connectivity index (χ4v) is 3.43. The zero-order valence-electron chi connectivity index (χ0n) is 11.7. The van der Waals surface area contributed by atoms with Crippen molar-refractivity contribution in [3.05, 3.63) is 52.3 Å². The average Bonchev–Trinajstić information content (AvgIpc) is 2.41. The highest BCUT2D eigenvalue weighted by atomic mass is 35.5. The lowest BCUT2D eigenvalue weighted by Crippen LogP contribution is -2.24. The molecular formula is C14H16ClN3O2S. The SMILES string of the molecule is Cc1cccc(CNS(=O)(=O)c2cc(N)c(C)cc2Cl)n1.